The number of nitrogens with zero attached hydrogens (tertiary/aromatic N) is 3. The molecule has 3 nitrogen and oxygen atoms in total. The fourth-order valence-electron chi connectivity index (χ4n) is 8.97. The van der Waals surface area contributed by atoms with Gasteiger partial charge in [-0.05, 0) is 125 Å². The van der Waals surface area contributed by atoms with Crippen LogP contribution in [-0.4, -0.2) is 4.40 Å². The molecule has 0 fully saturated rings. The van der Waals surface area contributed by atoms with Crippen molar-refractivity contribution in [2.45, 2.75) is 12.4 Å². The van der Waals surface area contributed by atoms with Gasteiger partial charge in [-0.3, -0.25) is 0 Å². The van der Waals surface area contributed by atoms with Crippen LogP contribution in [0.3, 0.4) is 0 Å². The highest BCUT2D eigenvalue weighted by Crippen LogP contribution is 2.48. The van der Waals surface area contributed by atoms with E-state index < -0.39 is 23.5 Å². The van der Waals surface area contributed by atoms with Gasteiger partial charge in [-0.25, -0.2) is 0 Å². The van der Waals surface area contributed by atoms with Crippen LogP contribution in [0.1, 0.15) is 11.1 Å². The molecule has 0 saturated carbocycles. The van der Waals surface area contributed by atoms with Crippen molar-refractivity contribution in [2.24, 2.45) is 0 Å². The monoisotopic (exact) mass is 811 g/mol. The van der Waals surface area contributed by atoms with Crippen LogP contribution < -0.4 is 9.80 Å². The van der Waals surface area contributed by atoms with Gasteiger partial charge >= 0.3 is 12.4 Å². The van der Waals surface area contributed by atoms with Gasteiger partial charge in [0.05, 0.1) is 27.7 Å². The summed E-state index contributed by atoms with van der Waals surface area (Å²) in [6, 6.07) is 56.1. The molecular formula is C52H31F6N3. The summed E-state index contributed by atoms with van der Waals surface area (Å²) in [6.07, 6.45) is -9.05. The Morgan fingerprint density at radius 3 is 1.39 bits per heavy atom. The summed E-state index contributed by atoms with van der Waals surface area (Å²) in [5, 5.41) is 7.91. The van der Waals surface area contributed by atoms with Gasteiger partial charge in [0, 0.05) is 55.7 Å². The summed E-state index contributed by atoms with van der Waals surface area (Å²) in [6.45, 7) is 0. The predicted molar refractivity (Wildman–Crippen MR) is 235 cm³/mol. The highest BCUT2D eigenvalue weighted by molar-refractivity contribution is 6.32. The summed E-state index contributed by atoms with van der Waals surface area (Å²) in [4.78, 5) is 3.68. The van der Waals surface area contributed by atoms with Crippen molar-refractivity contribution in [3.63, 3.8) is 0 Å². The number of halogens is 6. The Morgan fingerprint density at radius 1 is 0.328 bits per heavy atom. The van der Waals surface area contributed by atoms with Crippen molar-refractivity contribution in [2.75, 3.05) is 9.80 Å². The number of para-hydroxylation sites is 2. The maximum absolute atomic E-state index is 14.1. The third-order valence-corrected chi connectivity index (χ3v) is 11.6. The van der Waals surface area contributed by atoms with Gasteiger partial charge in [0.2, 0.25) is 0 Å². The largest absolute Gasteiger partial charge is 0.416 e. The molecule has 0 saturated heterocycles. The maximum Gasteiger partial charge on any atom is 0.416 e. The Kier molecular flexibility index (Phi) is 8.09. The first-order chi connectivity index (χ1) is 29.5. The number of anilines is 6. The molecule has 11 aromatic rings. The number of hydrogen-bond donors (Lipinski definition) is 0. The van der Waals surface area contributed by atoms with Gasteiger partial charge in [-0.15, -0.1) is 0 Å². The molecule has 0 unspecified atom stereocenters. The van der Waals surface area contributed by atoms with E-state index in [1.807, 2.05) is 113 Å². The average molecular weight is 812 g/mol. The van der Waals surface area contributed by atoms with Gasteiger partial charge < -0.3 is 14.2 Å². The van der Waals surface area contributed by atoms with Crippen LogP contribution >= 0.6 is 0 Å². The second-order valence-corrected chi connectivity index (χ2v) is 15.2. The van der Waals surface area contributed by atoms with E-state index in [-0.39, 0.29) is 0 Å². The summed E-state index contributed by atoms with van der Waals surface area (Å²) in [5.74, 6) is 0. The molecule has 2 heterocycles. The van der Waals surface area contributed by atoms with E-state index in [4.69, 9.17) is 0 Å². The molecule has 0 amide bonds. The lowest BCUT2D eigenvalue weighted by Crippen LogP contribution is -2.12. The predicted octanol–water partition coefficient (Wildman–Crippen LogP) is 16.1. The van der Waals surface area contributed by atoms with E-state index in [1.54, 1.807) is 12.1 Å². The number of fused-ring (bicyclic) bond motifs is 9. The standard InChI is InChI=1S/C52H31F6N3/c53-51(54,55)35-13-9-19-39(28-35)59(37-15-3-1-4-16-37)41-22-21-34-26-45-43-24-23-42(60(38-17-5-2-6-18-38)40-20-10-14-36(29-40)52(56,57)58)31-48(43)61-47-27-33-12-8-7-11-32(33)25-46(47)49(50(45)61)44(34)30-41/h1-31H. The van der Waals surface area contributed by atoms with Gasteiger partial charge in [-0.2, -0.15) is 26.3 Å². The van der Waals surface area contributed by atoms with Crippen molar-refractivity contribution in [3.8, 4) is 0 Å². The lowest BCUT2D eigenvalue weighted by atomic mass is 9.98. The topological polar surface area (TPSA) is 10.9 Å². The molecule has 0 aliphatic carbocycles. The molecule has 9 heteroatoms. The fraction of sp³-hybridized carbons (Fsp3) is 0.0385. The van der Waals surface area contributed by atoms with Crippen molar-refractivity contribution >= 4 is 93.8 Å². The van der Waals surface area contributed by atoms with E-state index in [2.05, 4.69) is 40.8 Å². The molecular weight excluding hydrogens is 781 g/mol. The highest BCUT2D eigenvalue weighted by Gasteiger charge is 2.32. The molecule has 2 aromatic heterocycles. The summed E-state index contributed by atoms with van der Waals surface area (Å²) in [5.41, 5.74) is 4.83. The van der Waals surface area contributed by atoms with E-state index in [1.165, 1.54) is 24.3 Å². The van der Waals surface area contributed by atoms with Crippen LogP contribution in [0.4, 0.5) is 60.5 Å². The van der Waals surface area contributed by atoms with Gasteiger partial charge in [0.15, 0.2) is 0 Å². The minimum Gasteiger partial charge on any atom is -0.310 e. The highest BCUT2D eigenvalue weighted by atomic mass is 19.4. The quantitative estimate of drug-likeness (QED) is 0.155. The van der Waals surface area contributed by atoms with Crippen LogP contribution in [0.5, 0.6) is 0 Å². The second kappa shape index (κ2) is 13.5. The molecule has 61 heavy (non-hydrogen) atoms. The Hall–Kier alpha value is -7.52. The van der Waals surface area contributed by atoms with Crippen molar-refractivity contribution in [1.82, 2.24) is 4.40 Å². The van der Waals surface area contributed by atoms with E-state index >= 15 is 0 Å². The molecule has 0 atom stereocenters. The number of benzene rings is 9. The van der Waals surface area contributed by atoms with Crippen LogP contribution in [-0.2, 0) is 12.4 Å². The average Bonchev–Trinajstić information content (AvgIpc) is 3.77. The van der Waals surface area contributed by atoms with Crippen molar-refractivity contribution in [1.29, 1.82) is 0 Å². The van der Waals surface area contributed by atoms with Gasteiger partial charge in [0.1, 0.15) is 0 Å². The third-order valence-electron chi connectivity index (χ3n) is 11.6. The van der Waals surface area contributed by atoms with Crippen LogP contribution in [0.2, 0.25) is 0 Å². The Bertz CT molecular complexity index is 3320. The van der Waals surface area contributed by atoms with Crippen LogP contribution in [0, 0.1) is 0 Å². The maximum atomic E-state index is 14.1. The third kappa shape index (κ3) is 5.99. The summed E-state index contributed by atoms with van der Waals surface area (Å²) in [7, 11) is 0. The second-order valence-electron chi connectivity index (χ2n) is 15.2. The first kappa shape index (κ1) is 36.6. The molecule has 9 aromatic carbocycles. The fourth-order valence-corrected chi connectivity index (χ4v) is 8.97. The number of rotatable bonds is 6. The zero-order valence-electron chi connectivity index (χ0n) is 32.0. The molecule has 0 bridgehead atoms. The minimum atomic E-state index is -4.52. The molecule has 296 valence electrons. The molecule has 0 aliphatic rings. The van der Waals surface area contributed by atoms with Crippen LogP contribution in [0.15, 0.2) is 188 Å². The first-order valence-electron chi connectivity index (χ1n) is 19.6. The van der Waals surface area contributed by atoms with Crippen LogP contribution in [0.25, 0.3) is 59.6 Å². The summed E-state index contributed by atoms with van der Waals surface area (Å²) >= 11 is 0. The summed E-state index contributed by atoms with van der Waals surface area (Å²) < 4.78 is 86.7. The van der Waals surface area contributed by atoms with Gasteiger partial charge in [0.25, 0.3) is 0 Å². The van der Waals surface area contributed by atoms with E-state index in [0.717, 1.165) is 71.8 Å². The normalized spacial score (nSPS) is 12.4. The molecule has 0 aliphatic heterocycles. The Morgan fingerprint density at radius 2 is 0.803 bits per heavy atom. The Balaban J connectivity index is 1.20. The lowest BCUT2D eigenvalue weighted by Gasteiger charge is -2.26. The first-order valence-corrected chi connectivity index (χ1v) is 19.6. The van der Waals surface area contributed by atoms with Gasteiger partial charge in [-0.1, -0.05) is 84.9 Å². The molecule has 11 rings (SSSR count). The zero-order chi connectivity index (χ0) is 41.6. The van der Waals surface area contributed by atoms with Crippen molar-refractivity contribution < 1.29 is 26.3 Å². The molecule has 0 radical (unpaired) electrons. The number of alkyl halides is 6. The number of hydrogen-bond acceptors (Lipinski definition) is 2. The van der Waals surface area contributed by atoms with Crippen molar-refractivity contribution in [3.05, 3.63) is 199 Å². The zero-order valence-corrected chi connectivity index (χ0v) is 32.0. The van der Waals surface area contributed by atoms with E-state index in [9.17, 15) is 26.3 Å². The Labute approximate surface area is 344 Å². The number of aromatic nitrogens is 1. The molecule has 0 spiro atoms. The lowest BCUT2D eigenvalue weighted by molar-refractivity contribution is -0.138. The minimum absolute atomic E-state index is 0.368. The molecule has 0 N–H and O–H groups in total. The van der Waals surface area contributed by atoms with E-state index in [0.29, 0.717) is 34.1 Å². The SMILES string of the molecule is FC(F)(F)c1cccc(N(c2ccccc2)c2ccc3cc4c5ccc(N(c6ccccc6)c6cccc(C(F)(F)F)c6)cc5n5c6cc7ccccc7cc6c(c3c2)c45)c1. The smallest absolute Gasteiger partial charge is 0.310 e.